The van der Waals surface area contributed by atoms with Crippen LogP contribution in [0, 0.1) is 0 Å². The number of hydrogen-bond donors (Lipinski definition) is 1. The standard InChI is InChI=1S/C18H20BrNO4/c1-4-23-18(22)13-8-14-12-9-16(24-10(2)3)15(21)7-11(12)5-6-20(14)17(13)19/h7-10,21H,4-6H2,1-3H3. The highest BCUT2D eigenvalue weighted by Gasteiger charge is 2.26. The third-order valence-corrected chi connectivity index (χ3v) is 4.81. The highest BCUT2D eigenvalue weighted by molar-refractivity contribution is 9.10. The molecule has 0 spiro atoms. The van der Waals surface area contributed by atoms with Crippen LogP contribution in [-0.4, -0.2) is 28.4 Å². The number of hydrogen-bond acceptors (Lipinski definition) is 4. The molecule has 0 atom stereocenters. The highest BCUT2D eigenvalue weighted by atomic mass is 79.9. The molecular formula is C18H20BrNO4. The first-order chi connectivity index (χ1) is 11.4. The summed E-state index contributed by atoms with van der Waals surface area (Å²) in [5.74, 6) is 0.254. The largest absolute Gasteiger partial charge is 0.504 e. The molecule has 0 saturated carbocycles. The molecule has 6 heteroatoms. The van der Waals surface area contributed by atoms with Crippen molar-refractivity contribution < 1.29 is 19.4 Å². The monoisotopic (exact) mass is 393 g/mol. The Morgan fingerprint density at radius 1 is 1.38 bits per heavy atom. The van der Waals surface area contributed by atoms with Crippen LogP contribution in [-0.2, 0) is 17.7 Å². The molecule has 0 unspecified atom stereocenters. The predicted octanol–water partition coefficient (Wildman–Crippen LogP) is 4.14. The fourth-order valence-electron chi connectivity index (χ4n) is 2.96. The van der Waals surface area contributed by atoms with Crippen LogP contribution in [0.5, 0.6) is 11.5 Å². The van der Waals surface area contributed by atoms with Crippen molar-refractivity contribution in [2.24, 2.45) is 0 Å². The van der Waals surface area contributed by atoms with E-state index in [1.165, 1.54) is 0 Å². The van der Waals surface area contributed by atoms with E-state index in [0.717, 1.165) is 34.4 Å². The highest BCUT2D eigenvalue weighted by Crippen LogP contribution is 2.41. The lowest BCUT2D eigenvalue weighted by molar-refractivity contribution is 0.0525. The molecule has 1 aromatic heterocycles. The summed E-state index contributed by atoms with van der Waals surface area (Å²) in [5, 5.41) is 10.2. The quantitative estimate of drug-likeness (QED) is 0.792. The number of ether oxygens (including phenoxy) is 2. The third kappa shape index (κ3) is 2.90. The van der Waals surface area contributed by atoms with Crippen LogP contribution < -0.4 is 4.74 Å². The van der Waals surface area contributed by atoms with Crippen LogP contribution in [0.3, 0.4) is 0 Å². The summed E-state index contributed by atoms with van der Waals surface area (Å²) >= 11 is 3.51. The first-order valence-electron chi connectivity index (χ1n) is 8.01. The fraction of sp³-hybridized carbons (Fsp3) is 0.389. The molecule has 0 aliphatic carbocycles. The van der Waals surface area contributed by atoms with Crippen molar-refractivity contribution in [1.82, 2.24) is 4.57 Å². The molecule has 1 aliphatic rings. The van der Waals surface area contributed by atoms with Gasteiger partial charge in [-0.05, 0) is 66.9 Å². The molecule has 0 fully saturated rings. The molecular weight excluding hydrogens is 374 g/mol. The molecule has 3 rings (SSSR count). The maximum atomic E-state index is 12.1. The van der Waals surface area contributed by atoms with Gasteiger partial charge in [-0.1, -0.05) is 0 Å². The molecule has 2 heterocycles. The lowest BCUT2D eigenvalue weighted by Crippen LogP contribution is -2.12. The number of benzene rings is 1. The number of carbonyl (C=O) groups excluding carboxylic acids is 1. The van der Waals surface area contributed by atoms with E-state index in [4.69, 9.17) is 9.47 Å². The van der Waals surface area contributed by atoms with Gasteiger partial charge in [0.2, 0.25) is 0 Å². The Kier molecular flexibility index (Phi) is 4.58. The lowest BCUT2D eigenvalue weighted by atomic mass is 9.97. The van der Waals surface area contributed by atoms with Gasteiger partial charge in [-0.25, -0.2) is 4.79 Å². The van der Waals surface area contributed by atoms with Crippen LogP contribution in [0.15, 0.2) is 22.8 Å². The molecule has 128 valence electrons. The van der Waals surface area contributed by atoms with Crippen LogP contribution in [0.4, 0.5) is 0 Å². The van der Waals surface area contributed by atoms with Gasteiger partial charge >= 0.3 is 5.97 Å². The number of aryl methyl sites for hydroxylation is 1. The van der Waals surface area contributed by atoms with Crippen LogP contribution >= 0.6 is 15.9 Å². The van der Waals surface area contributed by atoms with Crippen molar-refractivity contribution in [2.75, 3.05) is 6.61 Å². The summed E-state index contributed by atoms with van der Waals surface area (Å²) in [6.45, 7) is 6.68. The van der Waals surface area contributed by atoms with Crippen LogP contribution in [0.25, 0.3) is 11.3 Å². The third-order valence-electron chi connectivity index (χ3n) is 3.95. The maximum absolute atomic E-state index is 12.1. The van der Waals surface area contributed by atoms with Gasteiger partial charge in [0.15, 0.2) is 11.5 Å². The van der Waals surface area contributed by atoms with E-state index < -0.39 is 0 Å². The van der Waals surface area contributed by atoms with Crippen molar-refractivity contribution in [3.8, 4) is 22.8 Å². The van der Waals surface area contributed by atoms with E-state index in [1.54, 1.807) is 13.0 Å². The van der Waals surface area contributed by atoms with Gasteiger partial charge in [-0.3, -0.25) is 0 Å². The summed E-state index contributed by atoms with van der Waals surface area (Å²) in [7, 11) is 0. The number of esters is 1. The van der Waals surface area contributed by atoms with Crippen molar-refractivity contribution in [3.63, 3.8) is 0 Å². The smallest absolute Gasteiger partial charge is 0.340 e. The van der Waals surface area contributed by atoms with Crippen LogP contribution in [0.1, 0.15) is 36.7 Å². The Morgan fingerprint density at radius 2 is 2.12 bits per heavy atom. The van der Waals surface area contributed by atoms with Gasteiger partial charge in [0.05, 0.1) is 28.6 Å². The Bertz CT molecular complexity index is 795. The molecule has 5 nitrogen and oxygen atoms in total. The van der Waals surface area contributed by atoms with E-state index in [0.29, 0.717) is 17.9 Å². The molecule has 0 amide bonds. The second-order valence-electron chi connectivity index (χ2n) is 6.00. The molecule has 1 N–H and O–H groups in total. The number of halogens is 1. The fourth-order valence-corrected chi connectivity index (χ4v) is 3.60. The zero-order chi connectivity index (χ0) is 17.4. The van der Waals surface area contributed by atoms with Gasteiger partial charge in [0, 0.05) is 12.1 Å². The van der Waals surface area contributed by atoms with Gasteiger partial charge in [0.1, 0.15) is 0 Å². The second kappa shape index (κ2) is 6.51. The Hall–Kier alpha value is -1.95. The topological polar surface area (TPSA) is 60.7 Å². The second-order valence-corrected chi connectivity index (χ2v) is 6.75. The Balaban J connectivity index is 2.10. The molecule has 2 aromatic rings. The number of aromatic hydroxyl groups is 1. The average Bonchev–Trinajstić information content (AvgIpc) is 2.85. The van der Waals surface area contributed by atoms with E-state index in [2.05, 4.69) is 15.9 Å². The van der Waals surface area contributed by atoms with E-state index >= 15 is 0 Å². The normalized spacial score (nSPS) is 12.7. The summed E-state index contributed by atoms with van der Waals surface area (Å²) in [6, 6.07) is 5.43. The van der Waals surface area contributed by atoms with Gasteiger partial charge in [-0.15, -0.1) is 0 Å². The van der Waals surface area contributed by atoms with Crippen molar-refractivity contribution in [1.29, 1.82) is 0 Å². The minimum atomic E-state index is -0.342. The first-order valence-corrected chi connectivity index (χ1v) is 8.80. The molecule has 0 saturated heterocycles. The summed E-state index contributed by atoms with van der Waals surface area (Å²) in [5.41, 5.74) is 3.43. The summed E-state index contributed by atoms with van der Waals surface area (Å²) in [4.78, 5) is 12.1. The van der Waals surface area contributed by atoms with E-state index in [1.807, 2.05) is 30.5 Å². The predicted molar refractivity (Wildman–Crippen MR) is 94.7 cm³/mol. The zero-order valence-corrected chi connectivity index (χ0v) is 15.5. The van der Waals surface area contributed by atoms with E-state index in [-0.39, 0.29) is 17.8 Å². The number of phenolic OH excluding ortho intramolecular Hbond substituents is 1. The Morgan fingerprint density at radius 3 is 2.79 bits per heavy atom. The molecule has 1 aromatic carbocycles. The number of nitrogens with zero attached hydrogens (tertiary/aromatic N) is 1. The number of rotatable bonds is 4. The molecule has 0 bridgehead atoms. The molecule has 24 heavy (non-hydrogen) atoms. The zero-order valence-electron chi connectivity index (χ0n) is 13.9. The Labute approximate surface area is 149 Å². The summed E-state index contributed by atoms with van der Waals surface area (Å²) < 4.78 is 13.6. The number of carbonyl (C=O) groups is 1. The molecule has 0 radical (unpaired) electrons. The van der Waals surface area contributed by atoms with Crippen LogP contribution in [0.2, 0.25) is 0 Å². The van der Waals surface area contributed by atoms with E-state index in [9.17, 15) is 9.90 Å². The number of aromatic nitrogens is 1. The van der Waals surface area contributed by atoms with Crippen molar-refractivity contribution in [2.45, 2.75) is 39.8 Å². The van der Waals surface area contributed by atoms with Crippen molar-refractivity contribution in [3.05, 3.63) is 33.9 Å². The minimum absolute atomic E-state index is 0.0360. The molecule has 1 aliphatic heterocycles. The lowest BCUT2D eigenvalue weighted by Gasteiger charge is -2.22. The maximum Gasteiger partial charge on any atom is 0.340 e. The van der Waals surface area contributed by atoms with Crippen molar-refractivity contribution >= 4 is 21.9 Å². The van der Waals surface area contributed by atoms with Gasteiger partial charge in [-0.2, -0.15) is 0 Å². The first kappa shape index (κ1) is 16.9. The minimum Gasteiger partial charge on any atom is -0.504 e. The average molecular weight is 394 g/mol. The SMILES string of the molecule is CCOC(=O)c1cc2n(c1Br)CCc1cc(O)c(OC(C)C)cc1-2. The number of fused-ring (bicyclic) bond motifs is 3. The number of phenols is 1. The summed E-state index contributed by atoms with van der Waals surface area (Å²) in [6.07, 6.45) is 0.735. The van der Waals surface area contributed by atoms with Gasteiger partial charge in [0.25, 0.3) is 0 Å². The van der Waals surface area contributed by atoms with Gasteiger partial charge < -0.3 is 19.1 Å².